The Morgan fingerprint density at radius 2 is 1.79 bits per heavy atom. The molecule has 0 aliphatic heterocycles. The van der Waals surface area contributed by atoms with Crippen molar-refractivity contribution in [1.29, 1.82) is 0 Å². The summed E-state index contributed by atoms with van der Waals surface area (Å²) in [5.41, 5.74) is 1.10. The van der Waals surface area contributed by atoms with Crippen molar-refractivity contribution >= 4 is 27.5 Å². The van der Waals surface area contributed by atoms with Crippen molar-refractivity contribution in [2.24, 2.45) is 11.8 Å². The Bertz CT molecular complexity index is 450. The lowest BCUT2D eigenvalue weighted by atomic mass is 10.1. The van der Waals surface area contributed by atoms with E-state index in [1.54, 1.807) is 0 Å². The zero-order chi connectivity index (χ0) is 14.0. The molecule has 0 radical (unpaired) electrons. The van der Waals surface area contributed by atoms with Crippen molar-refractivity contribution in [2.75, 3.05) is 13.2 Å². The van der Waals surface area contributed by atoms with Crippen LogP contribution in [0.5, 0.6) is 11.5 Å². The highest BCUT2D eigenvalue weighted by Gasteiger charge is 2.40. The Labute approximate surface area is 128 Å². The Hall–Kier alpha value is -0.410. The Kier molecular flexibility index (Phi) is 5.02. The van der Waals surface area contributed by atoms with E-state index in [4.69, 9.17) is 21.1 Å². The van der Waals surface area contributed by atoms with Gasteiger partial charge in [-0.15, -0.1) is 11.6 Å². The minimum atomic E-state index is 0.0410. The van der Waals surface area contributed by atoms with Gasteiger partial charge >= 0.3 is 0 Å². The number of alkyl halides is 1. The smallest absolute Gasteiger partial charge is 0.162 e. The van der Waals surface area contributed by atoms with Crippen LogP contribution in [-0.4, -0.2) is 13.2 Å². The van der Waals surface area contributed by atoms with Crippen LogP contribution < -0.4 is 9.47 Å². The lowest BCUT2D eigenvalue weighted by molar-refractivity contribution is 0.287. The molecule has 1 aliphatic rings. The van der Waals surface area contributed by atoms with Crippen LogP contribution in [0.25, 0.3) is 0 Å². The summed E-state index contributed by atoms with van der Waals surface area (Å²) in [5.74, 6) is 2.84. The lowest BCUT2D eigenvalue weighted by Gasteiger charge is -2.17. The number of ether oxygens (including phenoxy) is 2. The molecule has 4 heteroatoms. The molecule has 0 bridgehead atoms. The molecule has 1 saturated carbocycles. The zero-order valence-corrected chi connectivity index (χ0v) is 13.9. The summed E-state index contributed by atoms with van der Waals surface area (Å²) in [5, 5.41) is 0.0410. The first-order chi connectivity index (χ1) is 9.08. The van der Waals surface area contributed by atoms with Gasteiger partial charge in [0.05, 0.1) is 18.6 Å². The van der Waals surface area contributed by atoms with Crippen LogP contribution in [-0.2, 0) is 0 Å². The normalized spacial score (nSPS) is 23.0. The molecular weight excluding hydrogens is 328 g/mol. The van der Waals surface area contributed by atoms with Crippen LogP contribution in [0.2, 0.25) is 0 Å². The molecule has 3 atom stereocenters. The molecule has 0 heterocycles. The average Bonchev–Trinajstić information content (AvgIpc) is 3.09. The number of hydrogen-bond acceptors (Lipinski definition) is 2. The van der Waals surface area contributed by atoms with Crippen molar-refractivity contribution < 1.29 is 9.47 Å². The number of rotatable bonds is 6. The van der Waals surface area contributed by atoms with Gasteiger partial charge in [-0.25, -0.2) is 0 Å². The third-order valence-corrected chi connectivity index (χ3v) is 4.75. The van der Waals surface area contributed by atoms with Crippen molar-refractivity contribution in [3.05, 3.63) is 22.2 Å². The molecule has 106 valence electrons. The molecule has 1 fully saturated rings. The fraction of sp³-hybridized carbons (Fsp3) is 0.600. The van der Waals surface area contributed by atoms with Gasteiger partial charge in [0.2, 0.25) is 0 Å². The maximum atomic E-state index is 6.58. The van der Waals surface area contributed by atoms with E-state index in [1.165, 1.54) is 6.42 Å². The number of hydrogen-bond donors (Lipinski definition) is 0. The van der Waals surface area contributed by atoms with Gasteiger partial charge in [-0.3, -0.25) is 0 Å². The Morgan fingerprint density at radius 1 is 1.26 bits per heavy atom. The first kappa shape index (κ1) is 15.0. The van der Waals surface area contributed by atoms with Crippen molar-refractivity contribution in [2.45, 2.75) is 32.6 Å². The summed E-state index contributed by atoms with van der Waals surface area (Å²) in [4.78, 5) is 0. The lowest BCUT2D eigenvalue weighted by Crippen LogP contribution is -2.02. The second-order valence-electron chi connectivity index (χ2n) is 4.97. The van der Waals surface area contributed by atoms with Crippen LogP contribution in [0.4, 0.5) is 0 Å². The summed E-state index contributed by atoms with van der Waals surface area (Å²) >= 11 is 10.2. The largest absolute Gasteiger partial charge is 0.490 e. The zero-order valence-electron chi connectivity index (χ0n) is 11.6. The summed E-state index contributed by atoms with van der Waals surface area (Å²) in [6.07, 6.45) is 1.21. The molecule has 1 aromatic rings. The highest BCUT2D eigenvalue weighted by Crippen LogP contribution is 2.52. The van der Waals surface area contributed by atoms with Crippen LogP contribution in [0.1, 0.15) is 38.1 Å². The predicted molar refractivity (Wildman–Crippen MR) is 82.3 cm³/mol. The van der Waals surface area contributed by atoms with E-state index in [0.29, 0.717) is 19.1 Å². The minimum absolute atomic E-state index is 0.0410. The summed E-state index contributed by atoms with van der Waals surface area (Å²) in [6, 6.07) is 3.98. The van der Waals surface area contributed by atoms with Crippen molar-refractivity contribution in [1.82, 2.24) is 0 Å². The maximum absolute atomic E-state index is 6.58. The van der Waals surface area contributed by atoms with Gasteiger partial charge in [0.1, 0.15) is 0 Å². The molecule has 0 spiro atoms. The van der Waals surface area contributed by atoms with E-state index in [2.05, 4.69) is 22.9 Å². The number of benzene rings is 1. The molecule has 0 N–H and O–H groups in total. The highest BCUT2D eigenvalue weighted by molar-refractivity contribution is 9.10. The van der Waals surface area contributed by atoms with E-state index in [0.717, 1.165) is 27.5 Å². The SMILES string of the molecule is CCOc1cc(Br)c(C(Cl)C2CC2C)cc1OCC. The average molecular weight is 348 g/mol. The topological polar surface area (TPSA) is 18.5 Å². The first-order valence-corrected chi connectivity index (χ1v) is 8.04. The molecule has 2 nitrogen and oxygen atoms in total. The third kappa shape index (κ3) is 3.38. The quantitative estimate of drug-likeness (QED) is 0.660. The minimum Gasteiger partial charge on any atom is -0.490 e. The molecule has 0 saturated heterocycles. The molecule has 0 amide bonds. The molecule has 1 aliphatic carbocycles. The second-order valence-corrected chi connectivity index (χ2v) is 6.29. The molecule has 19 heavy (non-hydrogen) atoms. The number of halogens is 2. The van der Waals surface area contributed by atoms with E-state index in [1.807, 2.05) is 26.0 Å². The van der Waals surface area contributed by atoms with Gasteiger partial charge in [-0.1, -0.05) is 22.9 Å². The van der Waals surface area contributed by atoms with Gasteiger partial charge < -0.3 is 9.47 Å². The van der Waals surface area contributed by atoms with E-state index in [-0.39, 0.29) is 5.38 Å². The van der Waals surface area contributed by atoms with Gasteiger partial charge in [0.15, 0.2) is 11.5 Å². The monoisotopic (exact) mass is 346 g/mol. The van der Waals surface area contributed by atoms with E-state index >= 15 is 0 Å². The van der Waals surface area contributed by atoms with Crippen molar-refractivity contribution in [3.63, 3.8) is 0 Å². The van der Waals surface area contributed by atoms with Crippen LogP contribution in [0.3, 0.4) is 0 Å². The third-order valence-electron chi connectivity index (χ3n) is 3.51. The maximum Gasteiger partial charge on any atom is 0.162 e. The van der Waals surface area contributed by atoms with Crippen LogP contribution in [0.15, 0.2) is 16.6 Å². The molecule has 2 rings (SSSR count). The fourth-order valence-electron chi connectivity index (χ4n) is 2.29. The van der Waals surface area contributed by atoms with E-state index < -0.39 is 0 Å². The highest BCUT2D eigenvalue weighted by atomic mass is 79.9. The van der Waals surface area contributed by atoms with E-state index in [9.17, 15) is 0 Å². The van der Waals surface area contributed by atoms with Gasteiger partial charge in [0, 0.05) is 4.47 Å². The first-order valence-electron chi connectivity index (χ1n) is 6.81. The summed E-state index contributed by atoms with van der Waals surface area (Å²) < 4.78 is 12.3. The molecule has 0 aromatic heterocycles. The summed E-state index contributed by atoms with van der Waals surface area (Å²) in [7, 11) is 0. The Balaban J connectivity index is 2.30. The molecular formula is C15H20BrClO2. The molecule has 3 unspecified atom stereocenters. The van der Waals surface area contributed by atoms with Gasteiger partial charge in [-0.05, 0) is 49.8 Å². The second kappa shape index (κ2) is 6.36. The van der Waals surface area contributed by atoms with Crippen molar-refractivity contribution in [3.8, 4) is 11.5 Å². The fourth-order valence-corrected chi connectivity index (χ4v) is 3.52. The standard InChI is InChI=1S/C15H20BrClO2/c1-4-18-13-7-11(15(17)10-6-9(10)3)12(16)8-14(13)19-5-2/h7-10,15H,4-6H2,1-3H3. The van der Waals surface area contributed by atoms with Gasteiger partial charge in [-0.2, -0.15) is 0 Å². The predicted octanol–water partition coefficient (Wildman–Crippen LogP) is 5.18. The van der Waals surface area contributed by atoms with Crippen LogP contribution in [0, 0.1) is 11.8 Å². The van der Waals surface area contributed by atoms with Crippen LogP contribution >= 0.6 is 27.5 Å². The van der Waals surface area contributed by atoms with Gasteiger partial charge in [0.25, 0.3) is 0 Å². The summed E-state index contributed by atoms with van der Waals surface area (Å²) in [6.45, 7) is 7.42. The Morgan fingerprint density at radius 3 is 2.26 bits per heavy atom. The molecule has 1 aromatic carbocycles.